The number of carbonyl (C=O) groups is 2. The number of Topliss-reactive ketones (excluding diaryl/α,β-unsaturated/α-hetero) is 1. The number of halogens is 1. The summed E-state index contributed by atoms with van der Waals surface area (Å²) in [5.74, 6) is 0.319. The first-order valence-electron chi connectivity index (χ1n) is 8.54. The van der Waals surface area contributed by atoms with Gasteiger partial charge in [0, 0.05) is 13.0 Å². The minimum atomic E-state index is -1.45. The molecule has 5 nitrogen and oxygen atoms in total. The van der Waals surface area contributed by atoms with E-state index in [1.807, 2.05) is 13.0 Å². The molecule has 1 aromatic rings. The average molecular weight is 349 g/mol. The van der Waals surface area contributed by atoms with E-state index in [9.17, 15) is 9.59 Å². The van der Waals surface area contributed by atoms with Crippen molar-refractivity contribution in [2.45, 2.75) is 57.9 Å². The standard InChI is InChI=1S/C19H24FNO4/c1-12-5-6-13-14(22)10-19(24-15(13)9-12)7-8-21(11-16(19)20)17(23)25-18(2,3)4/h5-6,9,16H,7-8,10-11H2,1-4H3/t16-,19+/m0/s1. The van der Waals surface area contributed by atoms with Gasteiger partial charge in [0.15, 0.2) is 17.6 Å². The molecule has 0 aliphatic carbocycles. The van der Waals surface area contributed by atoms with Gasteiger partial charge in [-0.1, -0.05) is 6.07 Å². The molecule has 0 aromatic heterocycles. The Morgan fingerprint density at radius 3 is 2.76 bits per heavy atom. The van der Waals surface area contributed by atoms with Crippen LogP contribution in [0.4, 0.5) is 9.18 Å². The number of likely N-dealkylation sites (tertiary alicyclic amines) is 1. The summed E-state index contributed by atoms with van der Waals surface area (Å²) in [6, 6.07) is 5.33. The molecule has 2 atom stereocenters. The lowest BCUT2D eigenvalue weighted by atomic mass is 9.81. The maximum Gasteiger partial charge on any atom is 0.410 e. The van der Waals surface area contributed by atoms with Crippen LogP contribution in [0.25, 0.3) is 0 Å². The Labute approximate surface area is 147 Å². The van der Waals surface area contributed by atoms with E-state index < -0.39 is 23.5 Å². The zero-order valence-electron chi connectivity index (χ0n) is 15.1. The first kappa shape index (κ1) is 17.7. The minimum Gasteiger partial charge on any atom is -0.483 e. The number of ether oxygens (including phenoxy) is 2. The summed E-state index contributed by atoms with van der Waals surface area (Å²) in [5, 5.41) is 0. The molecule has 1 fully saturated rings. The van der Waals surface area contributed by atoms with Gasteiger partial charge in [-0.15, -0.1) is 0 Å². The van der Waals surface area contributed by atoms with Gasteiger partial charge in [-0.25, -0.2) is 9.18 Å². The van der Waals surface area contributed by atoms with E-state index in [1.165, 1.54) is 4.90 Å². The molecular formula is C19H24FNO4. The third-order valence-corrected chi connectivity index (χ3v) is 4.62. The van der Waals surface area contributed by atoms with Gasteiger partial charge < -0.3 is 14.4 Å². The summed E-state index contributed by atoms with van der Waals surface area (Å²) >= 11 is 0. The van der Waals surface area contributed by atoms with Gasteiger partial charge in [0.25, 0.3) is 0 Å². The fraction of sp³-hybridized carbons (Fsp3) is 0.579. The second-order valence-corrected chi connectivity index (χ2v) is 7.91. The first-order chi connectivity index (χ1) is 11.6. The van der Waals surface area contributed by atoms with Crippen LogP contribution in [0.2, 0.25) is 0 Å². The van der Waals surface area contributed by atoms with Gasteiger partial charge in [-0.3, -0.25) is 4.79 Å². The Balaban J connectivity index is 1.77. The summed E-state index contributed by atoms with van der Waals surface area (Å²) in [4.78, 5) is 26.0. The summed E-state index contributed by atoms with van der Waals surface area (Å²) in [6.45, 7) is 7.36. The van der Waals surface area contributed by atoms with Gasteiger partial charge in [-0.2, -0.15) is 0 Å². The van der Waals surface area contributed by atoms with E-state index in [2.05, 4.69) is 0 Å². The SMILES string of the molecule is Cc1ccc2c(c1)O[C@]1(CCN(C(=O)OC(C)(C)C)C[C@@H]1F)CC2=O. The molecule has 1 aromatic carbocycles. The second kappa shape index (κ2) is 6.00. The van der Waals surface area contributed by atoms with Crippen LogP contribution in [-0.2, 0) is 4.74 Å². The Morgan fingerprint density at radius 1 is 1.40 bits per heavy atom. The van der Waals surface area contributed by atoms with Crippen LogP contribution >= 0.6 is 0 Å². The minimum absolute atomic E-state index is 0.00755. The Bertz CT molecular complexity index is 712. The second-order valence-electron chi connectivity index (χ2n) is 7.91. The molecule has 0 unspecified atom stereocenters. The summed E-state index contributed by atoms with van der Waals surface area (Å²) in [7, 11) is 0. The van der Waals surface area contributed by atoms with Gasteiger partial charge >= 0.3 is 6.09 Å². The van der Waals surface area contributed by atoms with E-state index in [4.69, 9.17) is 9.47 Å². The lowest BCUT2D eigenvalue weighted by Crippen LogP contribution is -2.60. The van der Waals surface area contributed by atoms with E-state index >= 15 is 4.39 Å². The maximum atomic E-state index is 15.0. The third-order valence-electron chi connectivity index (χ3n) is 4.62. The molecule has 3 rings (SSSR count). The molecule has 25 heavy (non-hydrogen) atoms. The predicted octanol–water partition coefficient (Wildman–Crippen LogP) is 3.68. The molecule has 0 saturated carbocycles. The lowest BCUT2D eigenvalue weighted by Gasteiger charge is -2.45. The van der Waals surface area contributed by atoms with Crippen LogP contribution in [0.3, 0.4) is 0 Å². The van der Waals surface area contributed by atoms with Crippen molar-refractivity contribution in [1.29, 1.82) is 0 Å². The zero-order valence-corrected chi connectivity index (χ0v) is 15.1. The number of ketones is 1. The molecule has 2 heterocycles. The molecule has 2 aliphatic heterocycles. The lowest BCUT2D eigenvalue weighted by molar-refractivity contribution is -0.0720. The number of alkyl halides is 1. The van der Waals surface area contributed by atoms with Crippen molar-refractivity contribution in [3.8, 4) is 5.75 Å². The zero-order chi connectivity index (χ0) is 18.4. The predicted molar refractivity (Wildman–Crippen MR) is 90.8 cm³/mol. The number of fused-ring (bicyclic) bond motifs is 1. The highest BCUT2D eigenvalue weighted by Gasteiger charge is 2.51. The van der Waals surface area contributed by atoms with Crippen molar-refractivity contribution in [3.63, 3.8) is 0 Å². The van der Waals surface area contributed by atoms with Crippen LogP contribution in [0.15, 0.2) is 18.2 Å². The highest BCUT2D eigenvalue weighted by molar-refractivity contribution is 6.00. The summed E-state index contributed by atoms with van der Waals surface area (Å²) in [6.07, 6.45) is -1.74. The highest BCUT2D eigenvalue weighted by atomic mass is 19.1. The Morgan fingerprint density at radius 2 is 2.12 bits per heavy atom. The molecule has 1 amide bonds. The van der Waals surface area contributed by atoms with E-state index in [-0.39, 0.29) is 25.2 Å². The van der Waals surface area contributed by atoms with E-state index in [0.29, 0.717) is 17.9 Å². The molecule has 0 N–H and O–H groups in total. The topological polar surface area (TPSA) is 55.8 Å². The van der Waals surface area contributed by atoms with Crippen LogP contribution in [-0.4, -0.2) is 47.2 Å². The number of benzene rings is 1. The van der Waals surface area contributed by atoms with Crippen molar-refractivity contribution >= 4 is 11.9 Å². The van der Waals surface area contributed by atoms with Crippen LogP contribution < -0.4 is 4.74 Å². The van der Waals surface area contributed by atoms with E-state index in [0.717, 1.165) is 5.56 Å². The molecule has 1 spiro atoms. The normalized spacial score (nSPS) is 26.2. The molecule has 2 aliphatic rings. The van der Waals surface area contributed by atoms with Gasteiger partial charge in [0.05, 0.1) is 18.5 Å². The van der Waals surface area contributed by atoms with Crippen molar-refractivity contribution in [2.75, 3.05) is 13.1 Å². The number of piperidine rings is 1. The van der Waals surface area contributed by atoms with Crippen LogP contribution in [0, 0.1) is 6.92 Å². The summed E-state index contributed by atoms with van der Waals surface area (Å²) in [5.41, 5.74) is -0.384. The fourth-order valence-electron chi connectivity index (χ4n) is 3.30. The number of hydrogen-bond donors (Lipinski definition) is 0. The monoisotopic (exact) mass is 349 g/mol. The Kier molecular flexibility index (Phi) is 4.25. The maximum absolute atomic E-state index is 15.0. The molecule has 0 bridgehead atoms. The average Bonchev–Trinajstić information content (AvgIpc) is 2.48. The third kappa shape index (κ3) is 3.48. The number of carbonyl (C=O) groups excluding carboxylic acids is 2. The highest BCUT2D eigenvalue weighted by Crippen LogP contribution is 2.41. The van der Waals surface area contributed by atoms with Crippen molar-refractivity contribution in [3.05, 3.63) is 29.3 Å². The molecular weight excluding hydrogens is 325 g/mol. The number of rotatable bonds is 0. The molecule has 1 saturated heterocycles. The van der Waals surface area contributed by atoms with Crippen molar-refractivity contribution in [1.82, 2.24) is 4.90 Å². The quantitative estimate of drug-likeness (QED) is 0.717. The van der Waals surface area contributed by atoms with Crippen LogP contribution in [0.1, 0.15) is 49.5 Å². The van der Waals surface area contributed by atoms with Gasteiger partial charge in [0.2, 0.25) is 0 Å². The molecule has 6 heteroatoms. The molecule has 0 radical (unpaired) electrons. The van der Waals surface area contributed by atoms with E-state index in [1.54, 1.807) is 32.9 Å². The van der Waals surface area contributed by atoms with Gasteiger partial charge in [0.1, 0.15) is 11.4 Å². The number of amides is 1. The Hall–Kier alpha value is -2.11. The number of hydrogen-bond acceptors (Lipinski definition) is 4. The van der Waals surface area contributed by atoms with Crippen molar-refractivity contribution in [2.24, 2.45) is 0 Å². The fourth-order valence-corrected chi connectivity index (χ4v) is 3.30. The largest absolute Gasteiger partial charge is 0.483 e. The van der Waals surface area contributed by atoms with Gasteiger partial charge in [-0.05, 0) is 45.4 Å². The number of aryl methyl sites for hydroxylation is 1. The number of nitrogens with zero attached hydrogens (tertiary/aromatic N) is 1. The summed E-state index contributed by atoms with van der Waals surface area (Å²) < 4.78 is 26.3. The van der Waals surface area contributed by atoms with Crippen LogP contribution in [0.5, 0.6) is 5.75 Å². The molecule has 136 valence electrons. The first-order valence-corrected chi connectivity index (χ1v) is 8.54. The van der Waals surface area contributed by atoms with Crippen molar-refractivity contribution < 1.29 is 23.5 Å². The smallest absolute Gasteiger partial charge is 0.410 e.